The van der Waals surface area contributed by atoms with E-state index in [9.17, 15) is 19.1 Å². The third kappa shape index (κ3) is 5.24. The molecule has 3 heterocycles. The van der Waals surface area contributed by atoms with E-state index < -0.39 is 12.1 Å². The molecule has 0 unspecified atom stereocenters. The maximum Gasteiger partial charge on any atom is 0.323 e. The zero-order chi connectivity index (χ0) is 24.4. The molecule has 3 aliphatic rings. The normalized spacial score (nSPS) is 25.3. The quantitative estimate of drug-likeness (QED) is 0.601. The molecular formula is C25H28FN3O6. The van der Waals surface area contributed by atoms with Crippen molar-refractivity contribution in [2.75, 3.05) is 43.5 Å². The second kappa shape index (κ2) is 10.2. The Bertz CT molecular complexity index is 1080. The van der Waals surface area contributed by atoms with E-state index in [0.717, 1.165) is 5.56 Å². The number of hydrogen-bond donors (Lipinski definition) is 3. The van der Waals surface area contributed by atoms with Gasteiger partial charge >= 0.3 is 6.03 Å². The molecule has 3 aliphatic heterocycles. The van der Waals surface area contributed by atoms with Crippen molar-refractivity contribution in [3.63, 3.8) is 0 Å². The van der Waals surface area contributed by atoms with Crippen LogP contribution < -0.4 is 15.4 Å². The third-order valence-corrected chi connectivity index (χ3v) is 6.63. The van der Waals surface area contributed by atoms with Crippen molar-refractivity contribution in [2.24, 2.45) is 0 Å². The SMILES string of the molecule is O=C(Nc1ccc(F)cc1)Nc1ccc2c(c1)[C@H]1C[C@H](CC(=O)N3CCOCC3)O[C@@H](CO)[C@H]1O2. The van der Waals surface area contributed by atoms with Crippen molar-refractivity contribution in [1.29, 1.82) is 0 Å². The number of halogens is 1. The Morgan fingerprint density at radius 3 is 2.51 bits per heavy atom. The van der Waals surface area contributed by atoms with Gasteiger partial charge in [-0.25, -0.2) is 9.18 Å². The first-order chi connectivity index (χ1) is 17.0. The number of aliphatic hydroxyl groups excluding tert-OH is 1. The Kier molecular flexibility index (Phi) is 6.85. The second-order valence-corrected chi connectivity index (χ2v) is 8.94. The van der Waals surface area contributed by atoms with E-state index in [4.69, 9.17) is 14.2 Å². The summed E-state index contributed by atoms with van der Waals surface area (Å²) in [7, 11) is 0. The summed E-state index contributed by atoms with van der Waals surface area (Å²) in [5.74, 6) is 0.221. The van der Waals surface area contributed by atoms with Gasteiger partial charge in [0.1, 0.15) is 23.8 Å². The lowest BCUT2D eigenvalue weighted by Crippen LogP contribution is -2.48. The van der Waals surface area contributed by atoms with Crippen LogP contribution in [0.3, 0.4) is 0 Å². The van der Waals surface area contributed by atoms with Crippen molar-refractivity contribution in [2.45, 2.75) is 37.1 Å². The molecular weight excluding hydrogens is 457 g/mol. The average Bonchev–Trinajstić information content (AvgIpc) is 3.23. The van der Waals surface area contributed by atoms with E-state index in [0.29, 0.717) is 49.8 Å². The monoisotopic (exact) mass is 485 g/mol. The van der Waals surface area contributed by atoms with E-state index in [1.807, 2.05) is 6.07 Å². The zero-order valence-corrected chi connectivity index (χ0v) is 19.1. The van der Waals surface area contributed by atoms with Crippen LogP contribution in [0.15, 0.2) is 42.5 Å². The van der Waals surface area contributed by atoms with Gasteiger partial charge in [0.25, 0.3) is 0 Å². The molecule has 2 fully saturated rings. The van der Waals surface area contributed by atoms with Gasteiger partial charge in [-0.2, -0.15) is 0 Å². The topological polar surface area (TPSA) is 109 Å². The van der Waals surface area contributed by atoms with Gasteiger partial charge in [-0.05, 0) is 48.9 Å². The molecule has 0 radical (unpaired) electrons. The van der Waals surface area contributed by atoms with Crippen molar-refractivity contribution < 1.29 is 33.3 Å². The molecule has 186 valence electrons. The summed E-state index contributed by atoms with van der Waals surface area (Å²) in [5.41, 5.74) is 1.94. The van der Waals surface area contributed by atoms with Gasteiger partial charge in [0, 0.05) is 35.9 Å². The number of aliphatic hydroxyl groups is 1. The van der Waals surface area contributed by atoms with E-state index in [1.54, 1.807) is 17.0 Å². The summed E-state index contributed by atoms with van der Waals surface area (Å²) in [5, 5.41) is 15.4. The van der Waals surface area contributed by atoms with Crippen LogP contribution in [0.4, 0.5) is 20.6 Å². The fraction of sp³-hybridized carbons (Fsp3) is 0.440. The fourth-order valence-electron chi connectivity index (χ4n) is 4.93. The first kappa shape index (κ1) is 23.5. The highest BCUT2D eigenvalue weighted by Crippen LogP contribution is 2.47. The number of carbonyl (C=O) groups excluding carboxylic acids is 2. The molecule has 0 aromatic heterocycles. The largest absolute Gasteiger partial charge is 0.487 e. The number of rotatable bonds is 5. The Labute approximate surface area is 202 Å². The molecule has 35 heavy (non-hydrogen) atoms. The first-order valence-corrected chi connectivity index (χ1v) is 11.8. The van der Waals surface area contributed by atoms with Gasteiger partial charge < -0.3 is 34.9 Å². The summed E-state index contributed by atoms with van der Waals surface area (Å²) in [6, 6.07) is 10.4. The molecule has 2 saturated heterocycles. The molecule has 9 nitrogen and oxygen atoms in total. The minimum absolute atomic E-state index is 0.0143. The van der Waals surface area contributed by atoms with Gasteiger partial charge in [-0.1, -0.05) is 0 Å². The van der Waals surface area contributed by atoms with Gasteiger partial charge in [0.05, 0.1) is 32.3 Å². The smallest absolute Gasteiger partial charge is 0.323 e. The number of anilines is 2. The molecule has 10 heteroatoms. The van der Waals surface area contributed by atoms with Crippen LogP contribution in [0.5, 0.6) is 5.75 Å². The number of fused-ring (bicyclic) bond motifs is 3. The predicted molar refractivity (Wildman–Crippen MR) is 125 cm³/mol. The van der Waals surface area contributed by atoms with Crippen LogP contribution in [-0.4, -0.2) is 73.2 Å². The van der Waals surface area contributed by atoms with E-state index >= 15 is 0 Å². The van der Waals surface area contributed by atoms with Crippen molar-refractivity contribution in [3.05, 3.63) is 53.8 Å². The zero-order valence-electron chi connectivity index (χ0n) is 19.1. The lowest BCUT2D eigenvalue weighted by atomic mass is 9.84. The van der Waals surface area contributed by atoms with E-state index in [1.165, 1.54) is 24.3 Å². The molecule has 5 rings (SSSR count). The number of amides is 3. The lowest BCUT2D eigenvalue weighted by molar-refractivity contribution is -0.151. The summed E-state index contributed by atoms with van der Waals surface area (Å²) >= 11 is 0. The second-order valence-electron chi connectivity index (χ2n) is 8.94. The number of benzene rings is 2. The summed E-state index contributed by atoms with van der Waals surface area (Å²) in [6.45, 7) is 1.99. The molecule has 0 saturated carbocycles. The summed E-state index contributed by atoms with van der Waals surface area (Å²) in [6.07, 6.45) is -0.478. The molecule has 0 spiro atoms. The molecule has 2 aromatic rings. The molecule has 2 aromatic carbocycles. The van der Waals surface area contributed by atoms with Gasteiger partial charge in [-0.15, -0.1) is 0 Å². The lowest BCUT2D eigenvalue weighted by Gasteiger charge is -2.38. The summed E-state index contributed by atoms with van der Waals surface area (Å²) < 4.78 is 30.6. The van der Waals surface area contributed by atoms with Crippen molar-refractivity contribution >= 4 is 23.3 Å². The van der Waals surface area contributed by atoms with Crippen LogP contribution in [0.2, 0.25) is 0 Å². The van der Waals surface area contributed by atoms with Crippen molar-refractivity contribution in [3.8, 4) is 5.75 Å². The van der Waals surface area contributed by atoms with Crippen LogP contribution in [0.1, 0.15) is 24.3 Å². The molecule has 4 atom stereocenters. The number of nitrogens with one attached hydrogen (secondary N) is 2. The number of carbonyl (C=O) groups is 2. The maximum absolute atomic E-state index is 13.1. The fourth-order valence-corrected chi connectivity index (χ4v) is 4.93. The van der Waals surface area contributed by atoms with Crippen molar-refractivity contribution in [1.82, 2.24) is 4.90 Å². The Balaban J connectivity index is 1.27. The van der Waals surface area contributed by atoms with Gasteiger partial charge in [0.15, 0.2) is 0 Å². The molecule has 0 bridgehead atoms. The van der Waals surface area contributed by atoms with Crippen LogP contribution in [-0.2, 0) is 14.3 Å². The number of morpholine rings is 1. The van der Waals surface area contributed by atoms with Gasteiger partial charge in [0.2, 0.25) is 5.91 Å². The highest BCUT2D eigenvalue weighted by atomic mass is 19.1. The predicted octanol–water partition coefficient (Wildman–Crippen LogP) is 2.71. The Hall–Kier alpha value is -3.21. The van der Waals surface area contributed by atoms with E-state index in [-0.39, 0.29) is 42.9 Å². The molecule has 3 N–H and O–H groups in total. The van der Waals surface area contributed by atoms with Crippen LogP contribution in [0.25, 0.3) is 0 Å². The molecule has 0 aliphatic carbocycles. The van der Waals surface area contributed by atoms with Gasteiger partial charge in [-0.3, -0.25) is 4.79 Å². The summed E-state index contributed by atoms with van der Waals surface area (Å²) in [4.78, 5) is 27.0. The maximum atomic E-state index is 13.1. The highest BCUT2D eigenvalue weighted by Gasteiger charge is 2.46. The molecule has 3 amide bonds. The first-order valence-electron chi connectivity index (χ1n) is 11.8. The Morgan fingerprint density at radius 2 is 1.77 bits per heavy atom. The minimum Gasteiger partial charge on any atom is -0.487 e. The number of nitrogens with zero attached hydrogens (tertiary/aromatic N) is 1. The highest BCUT2D eigenvalue weighted by molar-refractivity contribution is 5.99. The third-order valence-electron chi connectivity index (χ3n) is 6.63. The number of urea groups is 1. The minimum atomic E-state index is -0.554. The Morgan fingerprint density at radius 1 is 1.06 bits per heavy atom. The van der Waals surface area contributed by atoms with Crippen LogP contribution >= 0.6 is 0 Å². The average molecular weight is 486 g/mol. The number of hydrogen-bond acceptors (Lipinski definition) is 6. The van der Waals surface area contributed by atoms with Crippen LogP contribution in [0, 0.1) is 5.82 Å². The number of ether oxygens (including phenoxy) is 3. The standard InChI is InChI=1S/C25H28FN3O6/c26-15-1-3-16(4-2-15)27-25(32)28-17-5-6-21-19(11-17)20-12-18(34-22(14-30)24(20)35-21)13-23(31)29-7-9-33-10-8-29/h1-6,11,18,20,22,24,30H,7-10,12-14H2,(H2,27,28,32)/t18-,20-,22+,24+/m1/s1. The van der Waals surface area contributed by atoms with E-state index in [2.05, 4.69) is 10.6 Å².